The van der Waals surface area contributed by atoms with Crippen LogP contribution >= 0.6 is 0 Å². The zero-order valence-corrected chi connectivity index (χ0v) is 17.1. The molecule has 0 spiro atoms. The molecular formula is C22H19N7O3. The van der Waals surface area contributed by atoms with Crippen LogP contribution in [0, 0.1) is 10.1 Å². The standard InChI is InChI=1S/C22H19N7O3/c1-23-22-27-19-9-8-17(29(31)32)11-18(19)20(28-22)25-12-14-4-6-16(7-5-14)26-21(30)15-3-2-10-24-13-15/h2-11,13H,12H2,1H3,(H,26,30)(H2,23,25,27,28). The Bertz CT molecular complexity index is 1280. The maximum atomic E-state index is 12.2. The van der Waals surface area contributed by atoms with Crippen molar-refractivity contribution >= 4 is 40.0 Å². The largest absolute Gasteiger partial charge is 0.365 e. The molecule has 3 N–H and O–H groups in total. The Balaban J connectivity index is 1.50. The highest BCUT2D eigenvalue weighted by atomic mass is 16.6. The number of nitro benzene ring substituents is 1. The third-order valence-corrected chi connectivity index (χ3v) is 4.71. The minimum Gasteiger partial charge on any atom is -0.365 e. The van der Waals surface area contributed by atoms with Gasteiger partial charge >= 0.3 is 0 Å². The summed E-state index contributed by atoms with van der Waals surface area (Å²) < 4.78 is 0. The summed E-state index contributed by atoms with van der Waals surface area (Å²) in [5, 5.41) is 20.6. The maximum Gasteiger partial charge on any atom is 0.270 e. The summed E-state index contributed by atoms with van der Waals surface area (Å²) in [6, 6.07) is 15.2. The van der Waals surface area contributed by atoms with Crippen LogP contribution < -0.4 is 16.0 Å². The minimum absolute atomic E-state index is 0.0323. The number of nitro groups is 1. The van der Waals surface area contributed by atoms with Crippen molar-refractivity contribution in [3.63, 3.8) is 0 Å². The highest BCUT2D eigenvalue weighted by Crippen LogP contribution is 2.27. The van der Waals surface area contributed by atoms with Crippen molar-refractivity contribution in [3.8, 4) is 0 Å². The number of rotatable bonds is 7. The van der Waals surface area contributed by atoms with Gasteiger partial charge in [-0.3, -0.25) is 19.9 Å². The van der Waals surface area contributed by atoms with E-state index in [1.807, 2.05) is 12.1 Å². The number of pyridine rings is 1. The Kier molecular flexibility index (Phi) is 5.84. The van der Waals surface area contributed by atoms with E-state index in [4.69, 9.17) is 0 Å². The first-order valence-corrected chi connectivity index (χ1v) is 9.71. The van der Waals surface area contributed by atoms with Crippen LogP contribution in [0.5, 0.6) is 0 Å². The highest BCUT2D eigenvalue weighted by Gasteiger charge is 2.13. The Morgan fingerprint density at radius 2 is 1.91 bits per heavy atom. The van der Waals surface area contributed by atoms with Crippen molar-refractivity contribution in [2.45, 2.75) is 6.54 Å². The highest BCUT2D eigenvalue weighted by molar-refractivity contribution is 6.04. The lowest BCUT2D eigenvalue weighted by atomic mass is 10.1. The monoisotopic (exact) mass is 429 g/mol. The van der Waals surface area contributed by atoms with Crippen LogP contribution in [0.25, 0.3) is 10.9 Å². The molecule has 10 heteroatoms. The fraction of sp³-hybridized carbons (Fsp3) is 0.0909. The van der Waals surface area contributed by atoms with Crippen molar-refractivity contribution in [1.29, 1.82) is 0 Å². The zero-order valence-electron chi connectivity index (χ0n) is 17.1. The molecule has 2 aromatic heterocycles. The number of aromatic nitrogens is 3. The lowest BCUT2D eigenvalue weighted by molar-refractivity contribution is -0.384. The first-order valence-electron chi connectivity index (χ1n) is 9.71. The number of benzene rings is 2. The van der Waals surface area contributed by atoms with Gasteiger partial charge < -0.3 is 16.0 Å². The summed E-state index contributed by atoms with van der Waals surface area (Å²) in [4.78, 5) is 35.6. The van der Waals surface area contributed by atoms with Crippen molar-refractivity contribution in [2.75, 3.05) is 23.0 Å². The number of carbonyl (C=O) groups is 1. The van der Waals surface area contributed by atoms with Crippen molar-refractivity contribution in [2.24, 2.45) is 0 Å². The second-order valence-electron chi connectivity index (χ2n) is 6.85. The molecule has 0 saturated heterocycles. The van der Waals surface area contributed by atoms with E-state index in [1.165, 1.54) is 18.3 Å². The molecule has 32 heavy (non-hydrogen) atoms. The molecule has 4 rings (SSSR count). The number of nitrogens with one attached hydrogen (secondary N) is 3. The Morgan fingerprint density at radius 3 is 2.59 bits per heavy atom. The molecule has 0 bridgehead atoms. The maximum absolute atomic E-state index is 12.2. The Labute approximate surface area is 182 Å². The molecule has 0 fully saturated rings. The smallest absolute Gasteiger partial charge is 0.270 e. The Morgan fingerprint density at radius 1 is 1.09 bits per heavy atom. The van der Waals surface area contributed by atoms with Crippen molar-refractivity contribution in [3.05, 3.63) is 88.2 Å². The predicted molar refractivity (Wildman–Crippen MR) is 122 cm³/mol. The van der Waals surface area contributed by atoms with Crippen LogP contribution in [-0.2, 0) is 6.54 Å². The first-order chi connectivity index (χ1) is 15.5. The number of anilines is 3. The number of non-ortho nitro benzene ring substituents is 1. The third-order valence-electron chi connectivity index (χ3n) is 4.71. The van der Waals surface area contributed by atoms with Gasteiger partial charge in [0.15, 0.2) is 0 Å². The van der Waals surface area contributed by atoms with E-state index in [0.29, 0.717) is 40.5 Å². The summed E-state index contributed by atoms with van der Waals surface area (Å²) >= 11 is 0. The average Bonchev–Trinajstić information content (AvgIpc) is 2.83. The number of hydrogen-bond acceptors (Lipinski definition) is 8. The second-order valence-corrected chi connectivity index (χ2v) is 6.85. The molecule has 0 unspecified atom stereocenters. The molecular weight excluding hydrogens is 410 g/mol. The molecule has 0 saturated carbocycles. The van der Waals surface area contributed by atoms with Crippen LogP contribution in [-0.4, -0.2) is 32.8 Å². The van der Waals surface area contributed by atoms with Gasteiger partial charge in [0, 0.05) is 49.2 Å². The second kappa shape index (κ2) is 9.04. The van der Waals surface area contributed by atoms with Crippen molar-refractivity contribution < 1.29 is 9.72 Å². The van der Waals surface area contributed by atoms with E-state index in [-0.39, 0.29) is 11.6 Å². The van der Waals surface area contributed by atoms with Gasteiger partial charge in [0.25, 0.3) is 11.6 Å². The molecule has 160 valence electrons. The normalized spacial score (nSPS) is 10.5. The third kappa shape index (κ3) is 4.59. The minimum atomic E-state index is -0.451. The van der Waals surface area contributed by atoms with E-state index in [2.05, 4.69) is 30.9 Å². The number of hydrogen-bond donors (Lipinski definition) is 3. The summed E-state index contributed by atoms with van der Waals surface area (Å²) in [7, 11) is 1.70. The molecule has 4 aromatic rings. The van der Waals surface area contributed by atoms with E-state index in [0.717, 1.165) is 5.56 Å². The molecule has 10 nitrogen and oxygen atoms in total. The van der Waals surface area contributed by atoms with Gasteiger partial charge in [-0.15, -0.1) is 0 Å². The lowest BCUT2D eigenvalue weighted by Crippen LogP contribution is -2.12. The fourth-order valence-corrected chi connectivity index (χ4v) is 3.07. The summed E-state index contributed by atoms with van der Waals surface area (Å²) in [6.07, 6.45) is 3.11. The molecule has 0 radical (unpaired) electrons. The number of nitrogens with zero attached hydrogens (tertiary/aromatic N) is 4. The summed E-state index contributed by atoms with van der Waals surface area (Å²) in [6.45, 7) is 0.425. The van der Waals surface area contributed by atoms with E-state index in [1.54, 1.807) is 43.6 Å². The lowest BCUT2D eigenvalue weighted by Gasteiger charge is -2.11. The van der Waals surface area contributed by atoms with Gasteiger partial charge in [0.1, 0.15) is 5.82 Å². The predicted octanol–water partition coefficient (Wildman–Crippen LogP) is 3.84. The van der Waals surface area contributed by atoms with Crippen LogP contribution in [0.15, 0.2) is 67.0 Å². The number of amides is 1. The van der Waals surface area contributed by atoms with Gasteiger partial charge in [-0.1, -0.05) is 12.1 Å². The van der Waals surface area contributed by atoms with Gasteiger partial charge in [0.05, 0.1) is 16.0 Å². The summed E-state index contributed by atoms with van der Waals surface area (Å²) in [5.74, 6) is 0.650. The van der Waals surface area contributed by atoms with Crippen molar-refractivity contribution in [1.82, 2.24) is 15.0 Å². The van der Waals surface area contributed by atoms with Crippen LogP contribution in [0.1, 0.15) is 15.9 Å². The molecule has 0 aliphatic heterocycles. The Hall–Kier alpha value is -4.60. The van der Waals surface area contributed by atoms with E-state index >= 15 is 0 Å². The quantitative estimate of drug-likeness (QED) is 0.298. The fourth-order valence-electron chi connectivity index (χ4n) is 3.07. The van der Waals surface area contributed by atoms with Crippen LogP contribution in [0.4, 0.5) is 23.1 Å². The van der Waals surface area contributed by atoms with E-state index in [9.17, 15) is 14.9 Å². The molecule has 0 aliphatic carbocycles. The summed E-state index contributed by atoms with van der Waals surface area (Å²) in [5.41, 5.74) is 2.63. The molecule has 0 aliphatic rings. The van der Waals surface area contributed by atoms with Gasteiger partial charge in [-0.2, -0.15) is 4.98 Å². The molecule has 1 amide bonds. The van der Waals surface area contributed by atoms with E-state index < -0.39 is 4.92 Å². The molecule has 2 heterocycles. The first kappa shape index (κ1) is 20.7. The van der Waals surface area contributed by atoms with Gasteiger partial charge in [-0.05, 0) is 35.9 Å². The average molecular weight is 429 g/mol. The number of fused-ring (bicyclic) bond motifs is 1. The molecule has 2 aromatic carbocycles. The number of carbonyl (C=O) groups excluding carboxylic acids is 1. The van der Waals surface area contributed by atoms with Gasteiger partial charge in [0.2, 0.25) is 5.95 Å². The van der Waals surface area contributed by atoms with Crippen LogP contribution in [0.2, 0.25) is 0 Å². The topological polar surface area (TPSA) is 135 Å². The zero-order chi connectivity index (χ0) is 22.5. The van der Waals surface area contributed by atoms with Crippen LogP contribution in [0.3, 0.4) is 0 Å². The SMILES string of the molecule is CNc1nc(NCc2ccc(NC(=O)c3cccnc3)cc2)c2cc([N+](=O)[O-])ccc2n1. The van der Waals surface area contributed by atoms with Gasteiger partial charge in [-0.25, -0.2) is 4.98 Å². The molecule has 0 atom stereocenters.